The first-order chi connectivity index (χ1) is 11.1. The molecule has 1 aliphatic rings. The molecule has 0 radical (unpaired) electrons. The lowest BCUT2D eigenvalue weighted by atomic mass is 10.2. The van der Waals surface area contributed by atoms with Crippen LogP contribution in [0, 0.1) is 5.21 Å². The van der Waals surface area contributed by atoms with E-state index < -0.39 is 0 Å². The van der Waals surface area contributed by atoms with E-state index in [1.54, 1.807) is 12.3 Å². The van der Waals surface area contributed by atoms with Gasteiger partial charge in [0.1, 0.15) is 11.4 Å². The molecule has 2 aromatic heterocycles. The molecule has 1 N–H and O–H groups in total. The quantitative estimate of drug-likeness (QED) is 0.667. The Morgan fingerprint density at radius 2 is 2.04 bits per heavy atom. The average Bonchev–Trinajstić information content (AvgIpc) is 2.56. The number of amides is 1. The predicted molar refractivity (Wildman–Crippen MR) is 87.3 cm³/mol. The fraction of sp³-hybridized carbons (Fsp3) is 0.312. The summed E-state index contributed by atoms with van der Waals surface area (Å²) in [5, 5.41) is 13.9. The number of rotatable bonds is 3. The van der Waals surface area contributed by atoms with Gasteiger partial charge in [-0.15, -0.1) is 0 Å². The summed E-state index contributed by atoms with van der Waals surface area (Å²) in [6, 6.07) is 6.86. The van der Waals surface area contributed by atoms with Crippen molar-refractivity contribution in [2.45, 2.75) is 0 Å². The number of carbonyl (C=O) groups is 1. The van der Waals surface area contributed by atoms with Crippen LogP contribution in [0.3, 0.4) is 0 Å². The Labute approximate surface area is 134 Å². The summed E-state index contributed by atoms with van der Waals surface area (Å²) < 4.78 is 0.601. The standard InChI is InChI=1S/C16H19N5O2/c1-19-7-9-20(10-8-19)15-5-4-14(11-17-15)18-16(22)13-3-2-6-21(23)12-13/h2-6,11-12H,7-10H2,1H3,(H,18,22). The fourth-order valence-electron chi connectivity index (χ4n) is 2.47. The number of pyridine rings is 2. The summed E-state index contributed by atoms with van der Waals surface area (Å²) in [6.45, 7) is 3.93. The number of carbonyl (C=O) groups excluding carboxylic acids is 1. The second kappa shape index (κ2) is 6.62. The molecule has 3 heterocycles. The van der Waals surface area contributed by atoms with Gasteiger partial charge in [-0.05, 0) is 25.2 Å². The van der Waals surface area contributed by atoms with Gasteiger partial charge >= 0.3 is 0 Å². The van der Waals surface area contributed by atoms with E-state index in [-0.39, 0.29) is 5.91 Å². The van der Waals surface area contributed by atoms with E-state index in [4.69, 9.17) is 0 Å². The molecule has 1 aliphatic heterocycles. The van der Waals surface area contributed by atoms with Crippen LogP contribution in [0.25, 0.3) is 0 Å². The second-order valence-corrected chi connectivity index (χ2v) is 5.60. The lowest BCUT2D eigenvalue weighted by Gasteiger charge is -2.33. The highest BCUT2D eigenvalue weighted by atomic mass is 16.5. The van der Waals surface area contributed by atoms with Crippen LogP contribution in [-0.2, 0) is 0 Å². The number of hydrogen-bond acceptors (Lipinski definition) is 5. The lowest BCUT2D eigenvalue weighted by Crippen LogP contribution is -2.44. The van der Waals surface area contributed by atoms with Gasteiger partial charge in [0.15, 0.2) is 12.4 Å². The van der Waals surface area contributed by atoms with Gasteiger partial charge in [-0.25, -0.2) is 4.98 Å². The molecule has 0 atom stereocenters. The first-order valence-electron chi connectivity index (χ1n) is 7.51. The Hall–Kier alpha value is -2.67. The van der Waals surface area contributed by atoms with Crippen LogP contribution < -0.4 is 14.9 Å². The van der Waals surface area contributed by atoms with Gasteiger partial charge < -0.3 is 20.3 Å². The molecule has 0 unspecified atom stereocenters. The van der Waals surface area contributed by atoms with E-state index in [0.717, 1.165) is 32.0 Å². The first-order valence-corrected chi connectivity index (χ1v) is 7.51. The maximum atomic E-state index is 12.1. The third kappa shape index (κ3) is 3.75. The molecule has 3 rings (SSSR count). The van der Waals surface area contributed by atoms with Crippen molar-refractivity contribution in [3.63, 3.8) is 0 Å². The maximum absolute atomic E-state index is 12.1. The van der Waals surface area contributed by atoms with Gasteiger partial charge in [-0.1, -0.05) is 0 Å². The number of nitrogens with one attached hydrogen (secondary N) is 1. The van der Waals surface area contributed by atoms with Crippen molar-refractivity contribution in [1.29, 1.82) is 0 Å². The zero-order chi connectivity index (χ0) is 16.2. The maximum Gasteiger partial charge on any atom is 0.261 e. The molecule has 0 aromatic carbocycles. The average molecular weight is 313 g/mol. The number of nitrogens with zero attached hydrogens (tertiary/aromatic N) is 4. The Kier molecular flexibility index (Phi) is 4.38. The largest absolute Gasteiger partial charge is 0.619 e. The van der Waals surface area contributed by atoms with Crippen molar-refractivity contribution >= 4 is 17.4 Å². The summed E-state index contributed by atoms with van der Waals surface area (Å²) >= 11 is 0. The number of likely N-dealkylation sites (N-methyl/N-ethyl adjacent to an activating group) is 1. The monoisotopic (exact) mass is 313 g/mol. The summed E-state index contributed by atoms with van der Waals surface area (Å²) in [5.41, 5.74) is 0.917. The number of piperazine rings is 1. The van der Waals surface area contributed by atoms with E-state index in [1.807, 2.05) is 12.1 Å². The van der Waals surface area contributed by atoms with Gasteiger partial charge in [-0.2, -0.15) is 4.73 Å². The van der Waals surface area contributed by atoms with Gasteiger partial charge in [0.05, 0.1) is 11.9 Å². The van der Waals surface area contributed by atoms with Crippen LogP contribution >= 0.6 is 0 Å². The van der Waals surface area contributed by atoms with Crippen LogP contribution in [0.15, 0.2) is 42.9 Å². The molecule has 1 amide bonds. The van der Waals surface area contributed by atoms with Gasteiger partial charge in [0.25, 0.3) is 5.91 Å². The smallest absolute Gasteiger partial charge is 0.261 e. The van der Waals surface area contributed by atoms with E-state index in [0.29, 0.717) is 16.0 Å². The van der Waals surface area contributed by atoms with Gasteiger partial charge in [0.2, 0.25) is 0 Å². The molecule has 0 saturated carbocycles. The van der Waals surface area contributed by atoms with E-state index in [1.165, 1.54) is 18.5 Å². The lowest BCUT2D eigenvalue weighted by molar-refractivity contribution is -0.605. The van der Waals surface area contributed by atoms with Crippen molar-refractivity contribution in [2.24, 2.45) is 0 Å². The minimum atomic E-state index is -0.329. The third-order valence-corrected chi connectivity index (χ3v) is 3.87. The SMILES string of the molecule is CN1CCN(c2ccc(NC(=O)c3ccc[n+]([O-])c3)cn2)CC1. The fourth-order valence-corrected chi connectivity index (χ4v) is 2.47. The molecular formula is C16H19N5O2. The Balaban J connectivity index is 1.64. The van der Waals surface area contributed by atoms with Crippen LogP contribution in [0.4, 0.5) is 11.5 Å². The molecule has 2 aromatic rings. The predicted octanol–water partition coefficient (Wildman–Crippen LogP) is 0.719. The number of aromatic nitrogens is 2. The van der Waals surface area contributed by atoms with E-state index in [2.05, 4.69) is 27.1 Å². The molecule has 1 saturated heterocycles. The van der Waals surface area contributed by atoms with E-state index in [9.17, 15) is 10.0 Å². The Morgan fingerprint density at radius 3 is 2.70 bits per heavy atom. The molecule has 120 valence electrons. The molecule has 7 nitrogen and oxygen atoms in total. The summed E-state index contributed by atoms with van der Waals surface area (Å²) in [6.07, 6.45) is 4.21. The molecule has 0 aliphatic carbocycles. The van der Waals surface area contributed by atoms with Crippen molar-refractivity contribution in [3.05, 3.63) is 53.6 Å². The molecule has 23 heavy (non-hydrogen) atoms. The highest BCUT2D eigenvalue weighted by Crippen LogP contribution is 2.16. The second-order valence-electron chi connectivity index (χ2n) is 5.60. The van der Waals surface area contributed by atoms with Crippen molar-refractivity contribution in [3.8, 4) is 0 Å². The van der Waals surface area contributed by atoms with Gasteiger partial charge in [0, 0.05) is 32.2 Å². The normalized spacial score (nSPS) is 15.4. The summed E-state index contributed by atoms with van der Waals surface area (Å²) in [5.74, 6) is 0.581. The van der Waals surface area contributed by atoms with Crippen molar-refractivity contribution in [1.82, 2.24) is 9.88 Å². The molecule has 1 fully saturated rings. The number of hydrogen-bond donors (Lipinski definition) is 1. The Bertz CT molecular complexity index is 681. The van der Waals surface area contributed by atoms with Crippen LogP contribution in [0.5, 0.6) is 0 Å². The highest BCUT2D eigenvalue weighted by Gasteiger charge is 2.15. The molecule has 0 spiro atoms. The van der Waals surface area contributed by atoms with E-state index >= 15 is 0 Å². The molecular weight excluding hydrogens is 294 g/mol. The number of anilines is 2. The highest BCUT2D eigenvalue weighted by molar-refractivity contribution is 6.03. The van der Waals surface area contributed by atoms with Crippen molar-refractivity contribution < 1.29 is 9.52 Å². The van der Waals surface area contributed by atoms with Gasteiger partial charge in [-0.3, -0.25) is 4.79 Å². The molecule has 7 heteroatoms. The van der Waals surface area contributed by atoms with Crippen LogP contribution in [0.2, 0.25) is 0 Å². The van der Waals surface area contributed by atoms with Crippen LogP contribution in [0.1, 0.15) is 10.4 Å². The minimum absolute atomic E-state index is 0.311. The zero-order valence-corrected chi connectivity index (χ0v) is 13.0. The molecule has 0 bridgehead atoms. The summed E-state index contributed by atoms with van der Waals surface area (Å²) in [4.78, 5) is 21.0. The minimum Gasteiger partial charge on any atom is -0.619 e. The Morgan fingerprint density at radius 1 is 1.26 bits per heavy atom. The third-order valence-electron chi connectivity index (χ3n) is 3.87. The topological polar surface area (TPSA) is 75.4 Å². The first kappa shape index (κ1) is 15.2. The summed E-state index contributed by atoms with van der Waals surface area (Å²) in [7, 11) is 2.11. The zero-order valence-electron chi connectivity index (χ0n) is 13.0. The van der Waals surface area contributed by atoms with Crippen molar-refractivity contribution in [2.75, 3.05) is 43.4 Å². The van der Waals surface area contributed by atoms with Crippen LogP contribution in [-0.4, -0.2) is 49.0 Å².